The van der Waals surface area contributed by atoms with E-state index < -0.39 is 0 Å². The first kappa shape index (κ1) is 35.7. The maximum atomic E-state index is 12.7. The van der Waals surface area contributed by atoms with Gasteiger partial charge in [0.05, 0.1) is 19.8 Å². The normalized spacial score (nSPS) is 10.7. The smallest absolute Gasteiger partial charge is 0.251 e. The molecule has 0 aliphatic heterocycles. The first-order valence-corrected chi connectivity index (χ1v) is 16.5. The number of ether oxygens (including phenoxy) is 2. The van der Waals surface area contributed by atoms with E-state index in [4.69, 9.17) is 21.1 Å². The van der Waals surface area contributed by atoms with Crippen molar-refractivity contribution in [1.82, 2.24) is 20.3 Å². The highest BCUT2D eigenvalue weighted by Gasteiger charge is 2.10. The Morgan fingerprint density at radius 3 is 1.92 bits per heavy atom. The summed E-state index contributed by atoms with van der Waals surface area (Å²) in [6.07, 6.45) is 1.09. The first-order valence-electron chi connectivity index (χ1n) is 16.1. The Labute approximate surface area is 295 Å². The molecule has 0 radical (unpaired) electrons. The average molecular weight is 696 g/mol. The van der Waals surface area contributed by atoms with E-state index >= 15 is 0 Å². The number of anilines is 5. The molecule has 5 rings (SSSR count). The highest BCUT2D eigenvalue weighted by Crippen LogP contribution is 2.21. The molecular weight excluding hydrogens is 658 g/mol. The molecule has 0 atom stereocenters. The second-order valence-corrected chi connectivity index (χ2v) is 11.5. The van der Waals surface area contributed by atoms with Crippen LogP contribution in [0.2, 0.25) is 5.02 Å². The lowest BCUT2D eigenvalue weighted by Gasteiger charge is -2.12. The first-order chi connectivity index (χ1) is 24.4. The van der Waals surface area contributed by atoms with Crippen LogP contribution >= 0.6 is 11.6 Å². The number of nitrogens with zero attached hydrogens (tertiary/aromatic N) is 3. The van der Waals surface area contributed by atoms with Gasteiger partial charge in [-0.05, 0) is 72.6 Å². The molecule has 0 saturated carbocycles. The van der Waals surface area contributed by atoms with Crippen LogP contribution in [-0.4, -0.2) is 64.7 Å². The van der Waals surface area contributed by atoms with Crippen LogP contribution in [-0.2, 0) is 16.0 Å². The van der Waals surface area contributed by atoms with Crippen LogP contribution in [0.3, 0.4) is 0 Å². The van der Waals surface area contributed by atoms with Crippen LogP contribution in [0, 0.1) is 0 Å². The summed E-state index contributed by atoms with van der Waals surface area (Å²) in [6.45, 7) is 2.49. The summed E-state index contributed by atoms with van der Waals surface area (Å²) in [5.74, 6) is 0.894. The molecule has 0 aliphatic carbocycles. The number of Topliss-reactive ketones (excluding diaryl/α,β-unsaturated/α-hetero) is 1. The molecule has 13 heteroatoms. The molecule has 0 spiro atoms. The fraction of sp³-hybridized carbons (Fsp3) is 0.216. The lowest BCUT2D eigenvalue weighted by Crippen LogP contribution is -2.22. The molecule has 1 heterocycles. The summed E-state index contributed by atoms with van der Waals surface area (Å²) in [6, 6.07) is 30.0. The van der Waals surface area contributed by atoms with Gasteiger partial charge < -0.3 is 35.8 Å². The molecule has 4 aromatic carbocycles. The highest BCUT2D eigenvalue weighted by atomic mass is 35.5. The van der Waals surface area contributed by atoms with Gasteiger partial charge in [0.15, 0.2) is 5.78 Å². The van der Waals surface area contributed by atoms with Gasteiger partial charge in [0, 0.05) is 53.6 Å². The van der Waals surface area contributed by atoms with Crippen molar-refractivity contribution in [3.8, 4) is 5.75 Å². The Kier molecular flexibility index (Phi) is 13.5. The molecule has 1 aromatic heterocycles. The molecule has 12 nitrogen and oxygen atoms in total. The van der Waals surface area contributed by atoms with Crippen molar-refractivity contribution >= 4 is 52.5 Å². The van der Waals surface area contributed by atoms with Gasteiger partial charge in [-0.25, -0.2) is 0 Å². The van der Waals surface area contributed by atoms with E-state index in [1.165, 1.54) is 0 Å². The Morgan fingerprint density at radius 1 is 0.660 bits per heavy atom. The summed E-state index contributed by atoms with van der Waals surface area (Å²) in [4.78, 5) is 38.3. The fourth-order valence-corrected chi connectivity index (χ4v) is 4.75. The van der Waals surface area contributed by atoms with Crippen LogP contribution < -0.4 is 21.3 Å². The number of phenolic OH excluding ortho intramolecular Hbond substituents is 1. The summed E-state index contributed by atoms with van der Waals surface area (Å²) in [7, 11) is 0. The van der Waals surface area contributed by atoms with Crippen molar-refractivity contribution in [1.29, 1.82) is 0 Å². The number of carbonyl (C=O) groups excluding carboxylic acids is 2. The van der Waals surface area contributed by atoms with Crippen molar-refractivity contribution in [2.45, 2.75) is 19.4 Å². The van der Waals surface area contributed by atoms with Gasteiger partial charge in [-0.3, -0.25) is 9.59 Å². The van der Waals surface area contributed by atoms with Crippen LogP contribution in [0.1, 0.15) is 39.1 Å². The van der Waals surface area contributed by atoms with Gasteiger partial charge in [0.1, 0.15) is 5.75 Å². The minimum atomic E-state index is -0.206. The van der Waals surface area contributed by atoms with E-state index in [-0.39, 0.29) is 29.3 Å². The molecular formula is C37H38ClN7O5. The Morgan fingerprint density at radius 2 is 1.26 bits per heavy atom. The summed E-state index contributed by atoms with van der Waals surface area (Å²) in [5.41, 5.74) is 3.50. The Balaban J connectivity index is 1.09. The van der Waals surface area contributed by atoms with Gasteiger partial charge in [-0.15, -0.1) is 0 Å². The number of amides is 1. The zero-order chi connectivity index (χ0) is 35.0. The number of hydrogen-bond donors (Lipinski definition) is 5. The Hall–Kier alpha value is -5.56. The topological polar surface area (TPSA) is 160 Å². The molecule has 5 aromatic rings. The summed E-state index contributed by atoms with van der Waals surface area (Å²) in [5, 5.41) is 22.6. The number of aromatic hydroxyl groups is 1. The molecule has 1 amide bonds. The van der Waals surface area contributed by atoms with E-state index in [0.29, 0.717) is 80.3 Å². The number of halogens is 1. The highest BCUT2D eigenvalue weighted by molar-refractivity contribution is 6.30. The predicted molar refractivity (Wildman–Crippen MR) is 194 cm³/mol. The molecule has 0 unspecified atom stereocenters. The zero-order valence-corrected chi connectivity index (χ0v) is 28.0. The van der Waals surface area contributed by atoms with E-state index in [1.807, 2.05) is 42.5 Å². The van der Waals surface area contributed by atoms with Crippen molar-refractivity contribution in [3.63, 3.8) is 0 Å². The SMILES string of the molecule is O=C(CCCOCCOCCNc1nc(Nc2ccc(O)cc2)nc(Nc2ccc(C(=O)NCc3ccc(Cl)cc3)cc2)n1)c1ccccc1. The van der Waals surface area contributed by atoms with Gasteiger partial charge >= 0.3 is 0 Å². The monoisotopic (exact) mass is 695 g/mol. The maximum absolute atomic E-state index is 12.7. The minimum Gasteiger partial charge on any atom is -0.508 e. The summed E-state index contributed by atoms with van der Waals surface area (Å²) >= 11 is 5.94. The Bertz CT molecular complexity index is 1810. The molecule has 0 saturated heterocycles. The van der Waals surface area contributed by atoms with Crippen LogP contribution in [0.15, 0.2) is 103 Å². The van der Waals surface area contributed by atoms with Gasteiger partial charge in [-0.2, -0.15) is 15.0 Å². The molecule has 0 fully saturated rings. The summed E-state index contributed by atoms with van der Waals surface area (Å²) < 4.78 is 11.3. The lowest BCUT2D eigenvalue weighted by atomic mass is 10.1. The van der Waals surface area contributed by atoms with Crippen LogP contribution in [0.4, 0.5) is 29.2 Å². The number of phenols is 1. The predicted octanol–water partition coefficient (Wildman–Crippen LogP) is 6.76. The molecule has 0 bridgehead atoms. The number of benzene rings is 4. The fourth-order valence-electron chi connectivity index (χ4n) is 4.62. The van der Waals surface area contributed by atoms with Gasteiger partial charge in [0.25, 0.3) is 5.91 Å². The minimum absolute atomic E-state index is 0.110. The second-order valence-electron chi connectivity index (χ2n) is 11.0. The van der Waals surface area contributed by atoms with Crippen molar-refractivity contribution in [2.24, 2.45) is 0 Å². The largest absolute Gasteiger partial charge is 0.508 e. The third kappa shape index (κ3) is 11.8. The molecule has 50 heavy (non-hydrogen) atoms. The van der Waals surface area contributed by atoms with E-state index in [2.05, 4.69) is 36.2 Å². The molecule has 258 valence electrons. The van der Waals surface area contributed by atoms with E-state index in [0.717, 1.165) is 11.1 Å². The zero-order valence-electron chi connectivity index (χ0n) is 27.3. The number of hydrogen-bond acceptors (Lipinski definition) is 11. The quantitative estimate of drug-likeness (QED) is 0.0353. The van der Waals surface area contributed by atoms with E-state index in [9.17, 15) is 14.7 Å². The van der Waals surface area contributed by atoms with Crippen molar-refractivity contribution < 1.29 is 24.2 Å². The number of ketones is 1. The molecule has 0 aliphatic rings. The lowest BCUT2D eigenvalue weighted by molar-refractivity contribution is 0.0497. The maximum Gasteiger partial charge on any atom is 0.251 e. The van der Waals surface area contributed by atoms with Crippen molar-refractivity contribution in [2.75, 3.05) is 48.9 Å². The number of carbonyl (C=O) groups is 2. The van der Waals surface area contributed by atoms with Crippen LogP contribution in [0.5, 0.6) is 5.75 Å². The number of nitrogens with one attached hydrogen (secondary N) is 4. The average Bonchev–Trinajstić information content (AvgIpc) is 3.13. The number of aromatic nitrogens is 3. The second kappa shape index (κ2) is 18.8. The van der Waals surface area contributed by atoms with Crippen molar-refractivity contribution in [3.05, 3.63) is 125 Å². The third-order valence-electron chi connectivity index (χ3n) is 7.22. The van der Waals surface area contributed by atoms with Gasteiger partial charge in [0.2, 0.25) is 17.8 Å². The van der Waals surface area contributed by atoms with E-state index in [1.54, 1.807) is 60.7 Å². The standard InChI is InChI=1S/C37H38ClN7O5/c38-29-12-8-26(9-13-29)25-40-34(48)28-10-14-30(15-11-28)41-36-43-35(44-37(45-36)42-31-16-18-32(46)19-17-31)39-20-22-50-24-23-49-21-4-7-33(47)27-5-2-1-3-6-27/h1-3,5-6,8-19,46H,4,7,20-25H2,(H,40,48)(H3,39,41,42,43,44,45). The third-order valence-corrected chi connectivity index (χ3v) is 7.47. The van der Waals surface area contributed by atoms with Crippen LogP contribution in [0.25, 0.3) is 0 Å². The number of rotatable bonds is 19. The van der Waals surface area contributed by atoms with Gasteiger partial charge in [-0.1, -0.05) is 54.1 Å². The molecule has 5 N–H and O–H groups in total.